The normalized spacial score (nSPS) is 15.5. The first kappa shape index (κ1) is 16.7. The third-order valence-electron chi connectivity index (χ3n) is 4.69. The van der Waals surface area contributed by atoms with Crippen molar-refractivity contribution < 1.29 is 5.11 Å². The van der Waals surface area contributed by atoms with Crippen molar-refractivity contribution in [2.75, 3.05) is 36.0 Å². The molecule has 134 valence electrons. The van der Waals surface area contributed by atoms with Crippen molar-refractivity contribution in [2.45, 2.75) is 0 Å². The molecule has 0 aliphatic carbocycles. The average Bonchev–Trinajstić information content (AvgIpc) is 3.08. The molecule has 2 aromatic carbocycles. The van der Waals surface area contributed by atoms with Gasteiger partial charge < -0.3 is 19.5 Å². The molecule has 0 spiro atoms. The van der Waals surface area contributed by atoms with Gasteiger partial charge in [0, 0.05) is 56.2 Å². The molecule has 6 heteroatoms. The van der Waals surface area contributed by atoms with Crippen molar-refractivity contribution in [3.63, 3.8) is 0 Å². The Morgan fingerprint density at radius 3 is 1.88 bits per heavy atom. The van der Waals surface area contributed by atoms with Gasteiger partial charge in [-0.2, -0.15) is 0 Å². The van der Waals surface area contributed by atoms with Gasteiger partial charge in [-0.05, 0) is 48.5 Å². The van der Waals surface area contributed by atoms with E-state index in [1.807, 2.05) is 35.3 Å². The van der Waals surface area contributed by atoms with Gasteiger partial charge in [0.2, 0.25) is 0 Å². The van der Waals surface area contributed by atoms with E-state index in [9.17, 15) is 5.11 Å². The van der Waals surface area contributed by atoms with Crippen LogP contribution in [0.5, 0.6) is 5.75 Å². The number of benzene rings is 2. The number of rotatable bonds is 3. The summed E-state index contributed by atoms with van der Waals surface area (Å²) in [5.41, 5.74) is 3.39. The van der Waals surface area contributed by atoms with Crippen molar-refractivity contribution in [3.8, 4) is 5.75 Å². The van der Waals surface area contributed by atoms with Crippen LogP contribution in [0.2, 0.25) is 0 Å². The number of hydrogen-bond donors (Lipinski definition) is 1. The molecule has 4 rings (SSSR count). The highest BCUT2D eigenvalue weighted by Crippen LogP contribution is 2.24. The van der Waals surface area contributed by atoms with E-state index >= 15 is 0 Å². The van der Waals surface area contributed by atoms with Crippen LogP contribution in [0.3, 0.4) is 0 Å². The molecule has 1 aromatic heterocycles. The van der Waals surface area contributed by atoms with Crippen molar-refractivity contribution in [3.05, 3.63) is 64.9 Å². The smallest absolute Gasteiger partial charge is 0.189 e. The van der Waals surface area contributed by atoms with Gasteiger partial charge in [-0.25, -0.2) is 4.99 Å². The van der Waals surface area contributed by atoms with Crippen LogP contribution in [-0.2, 0) is 7.05 Å². The van der Waals surface area contributed by atoms with Crippen LogP contribution in [-0.4, -0.2) is 35.9 Å². The molecule has 0 amide bonds. The molecule has 5 nitrogen and oxygen atoms in total. The van der Waals surface area contributed by atoms with E-state index in [0.717, 1.165) is 36.7 Å². The molecular weight excluding hydrogens is 344 g/mol. The van der Waals surface area contributed by atoms with Crippen LogP contribution in [0.15, 0.2) is 65.1 Å². The van der Waals surface area contributed by atoms with Crippen LogP contribution >= 0.6 is 11.3 Å². The maximum absolute atomic E-state index is 9.43. The maximum Gasteiger partial charge on any atom is 0.189 e. The minimum atomic E-state index is 0.314. The van der Waals surface area contributed by atoms with Crippen LogP contribution in [0, 0.1) is 0 Å². The van der Waals surface area contributed by atoms with Crippen molar-refractivity contribution in [2.24, 2.45) is 12.0 Å². The van der Waals surface area contributed by atoms with E-state index in [2.05, 4.69) is 39.1 Å². The standard InChI is InChI=1S/C20H22N4OS/c1-22-14-15-26-20(22)21-16-2-4-17(5-3-16)23-10-12-24(13-11-23)18-6-8-19(25)9-7-18/h2-9,14-15,25H,10-13H2,1H3/b21-20-. The zero-order chi connectivity index (χ0) is 17.9. The lowest BCUT2D eigenvalue weighted by molar-refractivity contribution is 0.475. The van der Waals surface area contributed by atoms with E-state index in [-0.39, 0.29) is 0 Å². The zero-order valence-corrected chi connectivity index (χ0v) is 15.6. The lowest BCUT2D eigenvalue weighted by Crippen LogP contribution is -2.46. The first-order chi connectivity index (χ1) is 12.7. The Labute approximate surface area is 157 Å². The molecule has 0 saturated carbocycles. The number of nitrogens with zero attached hydrogens (tertiary/aromatic N) is 4. The van der Waals surface area contributed by atoms with E-state index < -0.39 is 0 Å². The van der Waals surface area contributed by atoms with Crippen molar-refractivity contribution in [1.29, 1.82) is 0 Å². The van der Waals surface area contributed by atoms with Gasteiger partial charge in [0.25, 0.3) is 0 Å². The minimum absolute atomic E-state index is 0.314. The summed E-state index contributed by atoms with van der Waals surface area (Å²) in [6.45, 7) is 3.92. The van der Waals surface area contributed by atoms with Gasteiger partial charge in [0.05, 0.1) is 5.69 Å². The summed E-state index contributed by atoms with van der Waals surface area (Å²) in [7, 11) is 2.01. The number of aromatic hydroxyl groups is 1. The number of thiazole rings is 1. The molecule has 1 aliphatic rings. The topological polar surface area (TPSA) is 44.0 Å². The monoisotopic (exact) mass is 366 g/mol. The lowest BCUT2D eigenvalue weighted by atomic mass is 10.2. The molecule has 0 unspecified atom stereocenters. The molecule has 0 atom stereocenters. The van der Waals surface area contributed by atoms with Gasteiger partial charge >= 0.3 is 0 Å². The molecule has 1 fully saturated rings. The van der Waals surface area contributed by atoms with Crippen LogP contribution < -0.4 is 14.6 Å². The SMILES string of the molecule is Cn1ccs/c1=N\c1ccc(N2CCN(c3ccc(O)cc3)CC2)cc1. The van der Waals surface area contributed by atoms with Crippen LogP contribution in [0.4, 0.5) is 17.1 Å². The second-order valence-corrected chi connectivity index (χ2v) is 7.29. The number of piperazine rings is 1. The fourth-order valence-electron chi connectivity index (χ4n) is 3.17. The van der Waals surface area contributed by atoms with Gasteiger partial charge in [0.15, 0.2) is 4.80 Å². The van der Waals surface area contributed by atoms with Crippen LogP contribution in [0.1, 0.15) is 0 Å². The first-order valence-corrected chi connectivity index (χ1v) is 9.61. The Balaban J connectivity index is 1.42. The number of aryl methyl sites for hydroxylation is 1. The summed E-state index contributed by atoms with van der Waals surface area (Å²) in [5.74, 6) is 0.314. The predicted octanol–water partition coefficient (Wildman–Crippen LogP) is 3.35. The molecule has 26 heavy (non-hydrogen) atoms. The third kappa shape index (κ3) is 3.60. The minimum Gasteiger partial charge on any atom is -0.508 e. The Bertz CT molecular complexity index is 919. The number of aromatic nitrogens is 1. The second-order valence-electron chi connectivity index (χ2n) is 6.42. The quantitative estimate of drug-likeness (QED) is 0.773. The average molecular weight is 366 g/mol. The summed E-state index contributed by atoms with van der Waals surface area (Å²) >= 11 is 1.64. The Kier molecular flexibility index (Phi) is 4.67. The van der Waals surface area contributed by atoms with E-state index in [1.54, 1.807) is 23.5 Å². The predicted molar refractivity (Wildman–Crippen MR) is 107 cm³/mol. The van der Waals surface area contributed by atoms with E-state index in [1.165, 1.54) is 11.4 Å². The molecule has 0 radical (unpaired) electrons. The summed E-state index contributed by atoms with van der Waals surface area (Å²) in [6.07, 6.45) is 2.02. The number of phenols is 1. The highest BCUT2D eigenvalue weighted by molar-refractivity contribution is 7.07. The number of anilines is 2. The van der Waals surface area contributed by atoms with E-state index in [0.29, 0.717) is 5.75 Å². The van der Waals surface area contributed by atoms with Crippen molar-refractivity contribution in [1.82, 2.24) is 4.57 Å². The van der Waals surface area contributed by atoms with Crippen LogP contribution in [0.25, 0.3) is 0 Å². The first-order valence-electron chi connectivity index (χ1n) is 8.73. The summed E-state index contributed by atoms with van der Waals surface area (Å²) in [5, 5.41) is 11.5. The molecule has 1 saturated heterocycles. The van der Waals surface area contributed by atoms with Gasteiger partial charge in [0.1, 0.15) is 5.75 Å². The Morgan fingerprint density at radius 1 is 0.846 bits per heavy atom. The second kappa shape index (κ2) is 7.25. The summed E-state index contributed by atoms with van der Waals surface area (Å²) in [6, 6.07) is 15.9. The Morgan fingerprint density at radius 2 is 1.38 bits per heavy atom. The molecule has 0 bridgehead atoms. The van der Waals surface area contributed by atoms with Gasteiger partial charge in [-0.15, -0.1) is 11.3 Å². The fourth-order valence-corrected chi connectivity index (χ4v) is 3.92. The summed E-state index contributed by atoms with van der Waals surface area (Å²) in [4.78, 5) is 10.4. The third-order valence-corrected chi connectivity index (χ3v) is 5.54. The Hall–Kier alpha value is -2.73. The summed E-state index contributed by atoms with van der Waals surface area (Å²) < 4.78 is 2.03. The van der Waals surface area contributed by atoms with Gasteiger partial charge in [-0.3, -0.25) is 0 Å². The number of hydrogen-bond acceptors (Lipinski definition) is 5. The molecular formula is C20H22N4OS. The fraction of sp³-hybridized carbons (Fsp3) is 0.250. The molecule has 1 aliphatic heterocycles. The van der Waals surface area contributed by atoms with Gasteiger partial charge in [-0.1, -0.05) is 0 Å². The van der Waals surface area contributed by atoms with Crippen molar-refractivity contribution >= 4 is 28.4 Å². The zero-order valence-electron chi connectivity index (χ0n) is 14.7. The molecule has 1 N–H and O–H groups in total. The largest absolute Gasteiger partial charge is 0.508 e. The van der Waals surface area contributed by atoms with E-state index in [4.69, 9.17) is 0 Å². The number of phenolic OH excluding ortho intramolecular Hbond substituents is 1. The highest BCUT2D eigenvalue weighted by atomic mass is 32.1. The molecule has 3 aromatic rings. The molecule has 2 heterocycles. The lowest BCUT2D eigenvalue weighted by Gasteiger charge is -2.37. The maximum atomic E-state index is 9.43. The highest BCUT2D eigenvalue weighted by Gasteiger charge is 2.17.